The second-order valence-corrected chi connectivity index (χ2v) is 7.60. The molecule has 9 heteroatoms. The first-order valence-corrected chi connectivity index (χ1v) is 9.98. The van der Waals surface area contributed by atoms with Crippen molar-refractivity contribution in [3.63, 3.8) is 0 Å². The summed E-state index contributed by atoms with van der Waals surface area (Å²) in [4.78, 5) is 12.5. The van der Waals surface area contributed by atoms with Gasteiger partial charge in [0.05, 0.1) is 15.7 Å². The Kier molecular flexibility index (Phi) is 6.47. The van der Waals surface area contributed by atoms with Crippen molar-refractivity contribution in [3.05, 3.63) is 62.8 Å². The zero-order valence-electron chi connectivity index (χ0n) is 14.8. The lowest BCUT2D eigenvalue weighted by Gasteiger charge is -2.10. The number of carbonyl (C=O) groups is 1. The predicted octanol–water partition coefficient (Wildman–Crippen LogP) is 5.13. The number of carbonyl (C=O) groups excluding carboxylic acids is 1. The van der Waals surface area contributed by atoms with Gasteiger partial charge in [-0.15, -0.1) is 10.2 Å². The number of nitriles is 1. The van der Waals surface area contributed by atoms with Gasteiger partial charge in [-0.2, -0.15) is 5.26 Å². The minimum absolute atomic E-state index is 0.0645. The van der Waals surface area contributed by atoms with E-state index < -0.39 is 5.91 Å². The average Bonchev–Trinajstić information content (AvgIpc) is 3.31. The lowest BCUT2D eigenvalue weighted by Crippen LogP contribution is -2.13. The van der Waals surface area contributed by atoms with Crippen molar-refractivity contribution in [1.82, 2.24) is 14.8 Å². The van der Waals surface area contributed by atoms with E-state index in [0.717, 1.165) is 17.8 Å². The SMILES string of the molecule is CCCc1nnc(NC(=O)/C(C#N)=C\c2cccn2-c2cccc(Cl)c2Cl)s1. The molecule has 0 aliphatic heterocycles. The summed E-state index contributed by atoms with van der Waals surface area (Å²) >= 11 is 13.7. The summed E-state index contributed by atoms with van der Waals surface area (Å²) in [5, 5.41) is 22.0. The largest absolute Gasteiger partial charge is 0.316 e. The highest BCUT2D eigenvalue weighted by Crippen LogP contribution is 2.30. The quantitative estimate of drug-likeness (QED) is 0.432. The van der Waals surface area contributed by atoms with E-state index in [0.29, 0.717) is 26.6 Å². The second-order valence-electron chi connectivity index (χ2n) is 5.75. The summed E-state index contributed by atoms with van der Waals surface area (Å²) < 4.78 is 1.75. The summed E-state index contributed by atoms with van der Waals surface area (Å²) in [6, 6.07) is 10.8. The van der Waals surface area contributed by atoms with Gasteiger partial charge in [-0.1, -0.05) is 47.5 Å². The van der Waals surface area contributed by atoms with Crippen LogP contribution in [0.1, 0.15) is 24.0 Å². The lowest BCUT2D eigenvalue weighted by atomic mass is 10.2. The number of aryl methyl sites for hydroxylation is 1. The van der Waals surface area contributed by atoms with Gasteiger partial charge in [0.2, 0.25) is 5.13 Å². The number of nitrogens with one attached hydrogen (secondary N) is 1. The average molecular weight is 432 g/mol. The molecule has 142 valence electrons. The van der Waals surface area contributed by atoms with Crippen molar-refractivity contribution in [2.24, 2.45) is 0 Å². The van der Waals surface area contributed by atoms with Crippen LogP contribution < -0.4 is 5.32 Å². The third kappa shape index (κ3) is 4.42. The van der Waals surface area contributed by atoms with Gasteiger partial charge < -0.3 is 4.57 Å². The van der Waals surface area contributed by atoms with Gasteiger partial charge >= 0.3 is 0 Å². The fourth-order valence-corrected chi connectivity index (χ4v) is 3.71. The molecule has 0 bridgehead atoms. The van der Waals surface area contributed by atoms with Crippen LogP contribution in [0.15, 0.2) is 42.1 Å². The summed E-state index contributed by atoms with van der Waals surface area (Å²) in [6.45, 7) is 2.04. The minimum atomic E-state index is -0.549. The van der Waals surface area contributed by atoms with Crippen LogP contribution in [0.3, 0.4) is 0 Å². The summed E-state index contributed by atoms with van der Waals surface area (Å²) in [5.41, 5.74) is 1.20. The van der Waals surface area contributed by atoms with E-state index in [4.69, 9.17) is 23.2 Å². The Morgan fingerprint density at radius 1 is 1.32 bits per heavy atom. The molecule has 3 rings (SSSR count). The molecular weight excluding hydrogens is 417 g/mol. The zero-order valence-corrected chi connectivity index (χ0v) is 17.1. The van der Waals surface area contributed by atoms with Crippen LogP contribution >= 0.6 is 34.5 Å². The molecule has 0 radical (unpaired) electrons. The molecular formula is C19H15Cl2N5OS. The summed E-state index contributed by atoms with van der Waals surface area (Å²) in [6.07, 6.45) is 5.00. The molecule has 0 saturated carbocycles. The van der Waals surface area contributed by atoms with E-state index >= 15 is 0 Å². The molecule has 2 aromatic heterocycles. The summed E-state index contributed by atoms with van der Waals surface area (Å²) in [7, 11) is 0. The Labute approximate surface area is 176 Å². The maximum atomic E-state index is 12.5. The molecule has 2 heterocycles. The third-order valence-electron chi connectivity index (χ3n) is 3.78. The Morgan fingerprint density at radius 2 is 2.14 bits per heavy atom. The van der Waals surface area contributed by atoms with Crippen LogP contribution in [0.25, 0.3) is 11.8 Å². The Hall–Kier alpha value is -2.66. The molecule has 0 saturated heterocycles. The van der Waals surface area contributed by atoms with Crippen LogP contribution in [0.4, 0.5) is 5.13 Å². The first-order valence-electron chi connectivity index (χ1n) is 8.40. The number of rotatable bonds is 6. The zero-order chi connectivity index (χ0) is 20.1. The minimum Gasteiger partial charge on any atom is -0.316 e. The Bertz CT molecular complexity index is 1080. The van der Waals surface area contributed by atoms with Crippen molar-refractivity contribution in [3.8, 4) is 11.8 Å². The van der Waals surface area contributed by atoms with Gasteiger partial charge in [0.1, 0.15) is 16.6 Å². The van der Waals surface area contributed by atoms with Crippen LogP contribution in [-0.4, -0.2) is 20.7 Å². The highest BCUT2D eigenvalue weighted by Gasteiger charge is 2.15. The van der Waals surface area contributed by atoms with E-state index in [9.17, 15) is 10.1 Å². The number of benzene rings is 1. The van der Waals surface area contributed by atoms with E-state index in [1.54, 1.807) is 41.1 Å². The van der Waals surface area contributed by atoms with Gasteiger partial charge in [0.25, 0.3) is 5.91 Å². The van der Waals surface area contributed by atoms with Gasteiger partial charge in [-0.05, 0) is 36.8 Å². The van der Waals surface area contributed by atoms with Crippen molar-refractivity contribution in [2.75, 3.05) is 5.32 Å². The number of halogens is 2. The van der Waals surface area contributed by atoms with E-state index in [2.05, 4.69) is 15.5 Å². The Balaban J connectivity index is 1.87. The molecule has 0 unspecified atom stereocenters. The molecule has 1 N–H and O–H groups in total. The molecule has 6 nitrogen and oxygen atoms in total. The molecule has 0 aliphatic carbocycles. The van der Waals surface area contributed by atoms with Gasteiger partial charge in [0.15, 0.2) is 0 Å². The fraction of sp³-hybridized carbons (Fsp3) is 0.158. The molecule has 0 fully saturated rings. The highest BCUT2D eigenvalue weighted by molar-refractivity contribution is 7.15. The second kappa shape index (κ2) is 9.02. The molecule has 3 aromatic rings. The van der Waals surface area contributed by atoms with Crippen molar-refractivity contribution in [1.29, 1.82) is 5.26 Å². The smallest absolute Gasteiger partial charge is 0.268 e. The number of anilines is 1. The fourth-order valence-electron chi connectivity index (χ4n) is 2.49. The van der Waals surface area contributed by atoms with Crippen molar-refractivity contribution < 1.29 is 4.79 Å². The highest BCUT2D eigenvalue weighted by atomic mass is 35.5. The molecule has 0 aliphatic rings. The van der Waals surface area contributed by atoms with Crippen molar-refractivity contribution in [2.45, 2.75) is 19.8 Å². The number of nitrogens with zero attached hydrogens (tertiary/aromatic N) is 4. The van der Waals surface area contributed by atoms with E-state index in [1.165, 1.54) is 17.4 Å². The Morgan fingerprint density at radius 3 is 2.89 bits per heavy atom. The van der Waals surface area contributed by atoms with E-state index in [-0.39, 0.29) is 5.57 Å². The maximum Gasteiger partial charge on any atom is 0.268 e. The van der Waals surface area contributed by atoms with Crippen LogP contribution in [0.2, 0.25) is 10.0 Å². The summed E-state index contributed by atoms with van der Waals surface area (Å²) in [5.74, 6) is -0.549. The molecule has 0 atom stereocenters. The standard InChI is InChI=1S/C19H15Cl2N5OS/c1-2-5-16-24-25-19(28-16)23-18(27)12(11-22)10-13-6-4-9-26(13)15-8-3-7-14(20)17(15)21/h3-4,6-10H,2,5H2,1H3,(H,23,25,27)/b12-10-. The number of aromatic nitrogens is 3. The topological polar surface area (TPSA) is 83.6 Å². The molecule has 0 spiro atoms. The lowest BCUT2D eigenvalue weighted by molar-refractivity contribution is -0.112. The molecule has 1 aromatic carbocycles. The van der Waals surface area contributed by atoms with Gasteiger partial charge in [0, 0.05) is 18.3 Å². The monoisotopic (exact) mass is 431 g/mol. The third-order valence-corrected chi connectivity index (χ3v) is 5.49. The molecule has 1 amide bonds. The van der Waals surface area contributed by atoms with Crippen LogP contribution in [0, 0.1) is 11.3 Å². The molecule has 28 heavy (non-hydrogen) atoms. The van der Waals surface area contributed by atoms with Crippen LogP contribution in [-0.2, 0) is 11.2 Å². The first-order chi connectivity index (χ1) is 13.5. The number of hydrogen-bond acceptors (Lipinski definition) is 5. The van der Waals surface area contributed by atoms with Crippen LogP contribution in [0.5, 0.6) is 0 Å². The number of amides is 1. The van der Waals surface area contributed by atoms with E-state index in [1.807, 2.05) is 13.0 Å². The number of hydrogen-bond donors (Lipinski definition) is 1. The normalized spacial score (nSPS) is 11.3. The predicted molar refractivity (Wildman–Crippen MR) is 112 cm³/mol. The first kappa shape index (κ1) is 20.1. The van der Waals surface area contributed by atoms with Gasteiger partial charge in [-0.3, -0.25) is 10.1 Å². The van der Waals surface area contributed by atoms with Crippen molar-refractivity contribution >= 4 is 51.7 Å². The van der Waals surface area contributed by atoms with Gasteiger partial charge in [-0.25, -0.2) is 0 Å². The maximum absolute atomic E-state index is 12.5.